The molecule has 0 fully saturated rings. The van der Waals surface area contributed by atoms with Crippen LogP contribution in [0.1, 0.15) is 19.8 Å². The van der Waals surface area contributed by atoms with Crippen LogP contribution in [0.5, 0.6) is 11.5 Å². The van der Waals surface area contributed by atoms with E-state index in [9.17, 15) is 19.1 Å². The van der Waals surface area contributed by atoms with Crippen molar-refractivity contribution in [3.63, 3.8) is 0 Å². The van der Waals surface area contributed by atoms with Crippen LogP contribution in [-0.2, 0) is 9.59 Å². The van der Waals surface area contributed by atoms with Crippen LogP contribution >= 0.6 is 27.5 Å². The Morgan fingerprint density at radius 1 is 1.44 bits per heavy atom. The zero-order valence-corrected chi connectivity index (χ0v) is 15.4. The largest absolute Gasteiger partial charge is 0.502 e. The van der Waals surface area contributed by atoms with Crippen molar-refractivity contribution in [3.8, 4) is 22.8 Å². The molecule has 134 valence electrons. The van der Waals surface area contributed by atoms with Gasteiger partial charge in [-0.25, -0.2) is 4.39 Å². The smallest absolute Gasteiger partial charge is 0.308 e. The Bertz CT molecular complexity index is 808. The van der Waals surface area contributed by atoms with E-state index in [1.54, 1.807) is 0 Å². The number of amides is 1. The van der Waals surface area contributed by atoms with Gasteiger partial charge in [0.15, 0.2) is 5.76 Å². The summed E-state index contributed by atoms with van der Waals surface area (Å²) in [7, 11) is 0. The Labute approximate surface area is 156 Å². The maximum Gasteiger partial charge on any atom is 0.308 e. The van der Waals surface area contributed by atoms with Gasteiger partial charge in [-0.2, -0.15) is 0 Å². The van der Waals surface area contributed by atoms with Crippen molar-refractivity contribution in [1.82, 2.24) is 0 Å². The van der Waals surface area contributed by atoms with E-state index in [0.29, 0.717) is 11.8 Å². The number of carbonyl (C=O) groups is 2. The predicted octanol–water partition coefficient (Wildman–Crippen LogP) is 4.48. The topological polar surface area (TPSA) is 88.8 Å². The fourth-order valence-electron chi connectivity index (χ4n) is 2.00. The molecule has 0 radical (unpaired) electrons. The van der Waals surface area contributed by atoms with Gasteiger partial charge in [-0.3, -0.25) is 14.9 Å². The molecule has 2 rings (SSSR count). The molecule has 0 bridgehead atoms. The molecule has 25 heavy (non-hydrogen) atoms. The molecular formula is C16H14BrClFNO5. The van der Waals surface area contributed by atoms with E-state index < -0.39 is 23.4 Å². The van der Waals surface area contributed by atoms with Crippen molar-refractivity contribution in [1.29, 1.82) is 0 Å². The molecule has 0 spiro atoms. The maximum atomic E-state index is 13.2. The second-order valence-electron chi connectivity index (χ2n) is 5.00. The first-order valence-corrected chi connectivity index (χ1v) is 8.68. The van der Waals surface area contributed by atoms with Crippen LogP contribution < -0.4 is 10.1 Å². The van der Waals surface area contributed by atoms with Crippen molar-refractivity contribution >= 4 is 45.3 Å². The highest BCUT2D eigenvalue weighted by molar-refractivity contribution is 9.09. The highest BCUT2D eigenvalue weighted by atomic mass is 79.9. The molecule has 0 aliphatic heterocycles. The summed E-state index contributed by atoms with van der Waals surface area (Å²) in [5.41, 5.74) is 0.176. The molecule has 2 aromatic rings. The molecule has 6 nitrogen and oxygen atoms in total. The van der Waals surface area contributed by atoms with Crippen LogP contribution in [-0.4, -0.2) is 22.3 Å². The van der Waals surface area contributed by atoms with Gasteiger partial charge in [-0.05, 0) is 24.6 Å². The van der Waals surface area contributed by atoms with Crippen LogP contribution in [0.4, 0.5) is 10.3 Å². The quantitative estimate of drug-likeness (QED) is 0.517. The minimum absolute atomic E-state index is 0.0180. The number of anilines is 1. The molecule has 0 aliphatic carbocycles. The van der Waals surface area contributed by atoms with Gasteiger partial charge in [-0.1, -0.05) is 27.5 Å². The lowest BCUT2D eigenvalue weighted by Gasteiger charge is -2.04. The first-order chi connectivity index (χ1) is 11.8. The maximum absolute atomic E-state index is 13.2. The van der Waals surface area contributed by atoms with Crippen LogP contribution in [0.15, 0.2) is 22.6 Å². The number of esters is 1. The van der Waals surface area contributed by atoms with Gasteiger partial charge in [-0.15, -0.1) is 0 Å². The van der Waals surface area contributed by atoms with E-state index in [-0.39, 0.29) is 34.4 Å². The summed E-state index contributed by atoms with van der Waals surface area (Å²) in [6.07, 6.45) is 0.775. The summed E-state index contributed by atoms with van der Waals surface area (Å²) < 4.78 is 23.6. The molecule has 0 atom stereocenters. The van der Waals surface area contributed by atoms with Crippen LogP contribution in [0.3, 0.4) is 0 Å². The number of alkyl halides is 1. The Kier molecular flexibility index (Phi) is 6.44. The summed E-state index contributed by atoms with van der Waals surface area (Å²) in [4.78, 5) is 23.2. The monoisotopic (exact) mass is 433 g/mol. The molecule has 1 amide bonds. The standard InChI is InChI=1S/C16H14BrClFNO5/c1-8(21)24-15-13(23)14(10-5-4-9(19)7-11(10)18)25-16(15)20-12(22)3-2-6-17/h4-5,7,23H,2-3,6H2,1H3,(H,20,22). The Hall–Kier alpha value is -2.06. The molecule has 9 heteroatoms. The SMILES string of the molecule is CC(=O)Oc1c(NC(=O)CCCBr)oc(-c2ccc(F)cc2Cl)c1O. The lowest BCUT2D eigenvalue weighted by molar-refractivity contribution is -0.132. The number of benzene rings is 1. The minimum atomic E-state index is -0.719. The summed E-state index contributed by atoms with van der Waals surface area (Å²) >= 11 is 9.18. The minimum Gasteiger partial charge on any atom is -0.502 e. The summed E-state index contributed by atoms with van der Waals surface area (Å²) in [6, 6.07) is 3.46. The number of aromatic hydroxyl groups is 1. The number of carbonyl (C=O) groups excluding carboxylic acids is 2. The number of furan rings is 1. The molecule has 1 aromatic carbocycles. The van der Waals surface area contributed by atoms with Crippen LogP contribution in [0.2, 0.25) is 5.02 Å². The molecule has 0 saturated heterocycles. The molecule has 1 heterocycles. The number of nitrogens with one attached hydrogen (secondary N) is 1. The third-order valence-corrected chi connectivity index (χ3v) is 3.93. The van der Waals surface area contributed by atoms with E-state index in [1.807, 2.05) is 0 Å². The lowest BCUT2D eigenvalue weighted by Crippen LogP contribution is -2.12. The van der Waals surface area contributed by atoms with E-state index in [1.165, 1.54) is 6.07 Å². The summed E-state index contributed by atoms with van der Waals surface area (Å²) in [5, 5.41) is 13.4. The van der Waals surface area contributed by atoms with Crippen LogP contribution in [0, 0.1) is 5.82 Å². The number of halogens is 3. The third-order valence-electron chi connectivity index (χ3n) is 3.05. The number of rotatable bonds is 6. The van der Waals surface area contributed by atoms with Crippen molar-refractivity contribution in [2.45, 2.75) is 19.8 Å². The fraction of sp³-hybridized carbons (Fsp3) is 0.250. The number of hydrogen-bond acceptors (Lipinski definition) is 5. The number of hydrogen-bond donors (Lipinski definition) is 2. The Balaban J connectivity index is 2.44. The predicted molar refractivity (Wildman–Crippen MR) is 93.7 cm³/mol. The normalized spacial score (nSPS) is 10.6. The average molecular weight is 435 g/mol. The van der Waals surface area contributed by atoms with Gasteiger partial charge in [0.2, 0.25) is 23.3 Å². The number of ether oxygens (including phenoxy) is 1. The first-order valence-electron chi connectivity index (χ1n) is 7.19. The lowest BCUT2D eigenvalue weighted by atomic mass is 10.1. The highest BCUT2D eigenvalue weighted by Gasteiger charge is 2.26. The van der Waals surface area contributed by atoms with Crippen molar-refractivity contribution in [2.75, 3.05) is 10.6 Å². The van der Waals surface area contributed by atoms with Gasteiger partial charge in [0, 0.05) is 24.2 Å². The second kappa shape index (κ2) is 8.35. The zero-order chi connectivity index (χ0) is 18.6. The second-order valence-corrected chi connectivity index (χ2v) is 6.20. The van der Waals surface area contributed by atoms with Gasteiger partial charge in [0.05, 0.1) is 5.02 Å². The van der Waals surface area contributed by atoms with E-state index in [2.05, 4.69) is 21.2 Å². The van der Waals surface area contributed by atoms with Crippen LogP contribution in [0.25, 0.3) is 11.3 Å². The summed E-state index contributed by atoms with van der Waals surface area (Å²) in [5.74, 6) is -2.93. The van der Waals surface area contributed by atoms with Crippen molar-refractivity contribution in [2.24, 2.45) is 0 Å². The van der Waals surface area contributed by atoms with E-state index in [0.717, 1.165) is 19.1 Å². The third kappa shape index (κ3) is 4.73. The van der Waals surface area contributed by atoms with Gasteiger partial charge < -0.3 is 14.3 Å². The van der Waals surface area contributed by atoms with Gasteiger partial charge in [0.1, 0.15) is 5.82 Å². The highest BCUT2D eigenvalue weighted by Crippen LogP contribution is 2.47. The molecule has 0 unspecified atom stereocenters. The van der Waals surface area contributed by atoms with Gasteiger partial charge >= 0.3 is 5.97 Å². The molecule has 2 N–H and O–H groups in total. The molecular weight excluding hydrogens is 421 g/mol. The van der Waals surface area contributed by atoms with E-state index >= 15 is 0 Å². The zero-order valence-electron chi connectivity index (χ0n) is 13.1. The van der Waals surface area contributed by atoms with Crippen molar-refractivity contribution in [3.05, 3.63) is 29.0 Å². The average Bonchev–Trinajstić information content (AvgIpc) is 2.81. The Morgan fingerprint density at radius 2 is 2.16 bits per heavy atom. The molecule has 0 saturated carbocycles. The Morgan fingerprint density at radius 3 is 2.76 bits per heavy atom. The van der Waals surface area contributed by atoms with Gasteiger partial charge in [0.25, 0.3) is 0 Å². The first kappa shape index (κ1) is 19.3. The van der Waals surface area contributed by atoms with Crippen molar-refractivity contribution < 1.29 is 28.2 Å². The summed E-state index contributed by atoms with van der Waals surface area (Å²) in [6.45, 7) is 1.13. The molecule has 1 aromatic heterocycles. The van der Waals surface area contributed by atoms with E-state index in [4.69, 9.17) is 20.8 Å². The molecule has 0 aliphatic rings. The fourth-order valence-corrected chi connectivity index (χ4v) is 2.53.